The minimum atomic E-state index is -0.497. The van der Waals surface area contributed by atoms with Crippen LogP contribution in [-0.4, -0.2) is 37.6 Å². The number of rotatable bonds is 5. The fourth-order valence-corrected chi connectivity index (χ4v) is 4.30. The summed E-state index contributed by atoms with van der Waals surface area (Å²) < 4.78 is 20.8. The highest BCUT2D eigenvalue weighted by molar-refractivity contribution is 7.17. The third-order valence-electron chi connectivity index (χ3n) is 4.93. The standard InChI is InChI=1S/C22H21FN2O2S/c1-25(2)10-8-13-4-6-14(7-5-13)18-17(27-3)12-16(23)20-19(18)15-9-11-28-21(15)22(26)24-20/h4-7,9,11-12H,8,10H2,1-3H3,(H,24,26). The van der Waals surface area contributed by atoms with Crippen molar-refractivity contribution in [2.75, 3.05) is 27.7 Å². The van der Waals surface area contributed by atoms with E-state index in [0.29, 0.717) is 15.8 Å². The Bertz CT molecular complexity index is 1210. The van der Waals surface area contributed by atoms with E-state index in [-0.39, 0.29) is 11.1 Å². The normalized spacial score (nSPS) is 11.6. The molecule has 0 amide bonds. The average Bonchev–Trinajstić information content (AvgIpc) is 3.18. The molecule has 2 aromatic heterocycles. The van der Waals surface area contributed by atoms with Crippen LogP contribution in [0.1, 0.15) is 5.56 Å². The number of likely N-dealkylation sites (N-methyl/N-ethyl adjacent to an activating group) is 1. The molecule has 2 heterocycles. The van der Waals surface area contributed by atoms with Crippen molar-refractivity contribution in [1.82, 2.24) is 9.88 Å². The van der Waals surface area contributed by atoms with Gasteiger partial charge >= 0.3 is 0 Å². The Hall–Kier alpha value is -2.70. The summed E-state index contributed by atoms with van der Waals surface area (Å²) in [6.07, 6.45) is 0.955. The number of hydrogen-bond donors (Lipinski definition) is 1. The monoisotopic (exact) mass is 396 g/mol. The van der Waals surface area contributed by atoms with Crippen LogP contribution in [0, 0.1) is 5.82 Å². The van der Waals surface area contributed by atoms with E-state index in [0.717, 1.165) is 29.5 Å². The zero-order valence-electron chi connectivity index (χ0n) is 16.0. The number of ether oxygens (including phenoxy) is 1. The summed E-state index contributed by atoms with van der Waals surface area (Å²) in [5, 5.41) is 3.27. The minimum absolute atomic E-state index is 0.211. The highest BCUT2D eigenvalue weighted by Gasteiger charge is 2.19. The molecule has 0 radical (unpaired) electrons. The van der Waals surface area contributed by atoms with Crippen LogP contribution in [0.25, 0.3) is 32.1 Å². The molecule has 0 atom stereocenters. The molecule has 4 nitrogen and oxygen atoms in total. The number of benzene rings is 2. The Kier molecular flexibility index (Phi) is 4.91. The average molecular weight is 396 g/mol. The molecule has 2 aromatic carbocycles. The number of thiophene rings is 1. The lowest BCUT2D eigenvalue weighted by atomic mass is 9.96. The molecule has 0 aliphatic rings. The van der Waals surface area contributed by atoms with Gasteiger partial charge in [0, 0.05) is 28.9 Å². The fourth-order valence-electron chi connectivity index (χ4n) is 3.51. The molecule has 4 rings (SSSR count). The van der Waals surface area contributed by atoms with E-state index in [1.165, 1.54) is 30.1 Å². The van der Waals surface area contributed by atoms with E-state index < -0.39 is 5.82 Å². The molecule has 1 N–H and O–H groups in total. The predicted molar refractivity (Wildman–Crippen MR) is 114 cm³/mol. The maximum absolute atomic E-state index is 14.7. The number of halogens is 1. The van der Waals surface area contributed by atoms with E-state index in [4.69, 9.17) is 4.74 Å². The van der Waals surface area contributed by atoms with Crippen molar-refractivity contribution in [1.29, 1.82) is 0 Å². The molecule has 0 unspecified atom stereocenters. The zero-order valence-corrected chi connectivity index (χ0v) is 16.8. The molecule has 0 aliphatic carbocycles. The quantitative estimate of drug-likeness (QED) is 0.534. The van der Waals surface area contributed by atoms with Gasteiger partial charge < -0.3 is 14.6 Å². The second-order valence-electron chi connectivity index (χ2n) is 7.05. The van der Waals surface area contributed by atoms with Gasteiger partial charge in [-0.25, -0.2) is 4.39 Å². The summed E-state index contributed by atoms with van der Waals surface area (Å²) in [6, 6.07) is 11.4. The SMILES string of the molecule is COc1cc(F)c2[nH]c(=O)c3sccc3c2c1-c1ccc(CCN(C)C)cc1. The van der Waals surface area contributed by atoms with Crippen LogP contribution >= 0.6 is 11.3 Å². The number of fused-ring (bicyclic) bond motifs is 3. The first-order chi connectivity index (χ1) is 13.5. The predicted octanol–water partition coefficient (Wildman–Crippen LogP) is 4.66. The summed E-state index contributed by atoms with van der Waals surface area (Å²) in [5.74, 6) is -0.0472. The van der Waals surface area contributed by atoms with E-state index in [2.05, 4.69) is 36.1 Å². The van der Waals surface area contributed by atoms with Gasteiger partial charge in [-0.1, -0.05) is 24.3 Å². The molecule has 0 aliphatic heterocycles. The molecule has 0 saturated heterocycles. The smallest absolute Gasteiger partial charge is 0.266 e. The molecule has 0 spiro atoms. The highest BCUT2D eigenvalue weighted by atomic mass is 32.1. The third-order valence-corrected chi connectivity index (χ3v) is 5.85. The second kappa shape index (κ2) is 7.37. The van der Waals surface area contributed by atoms with E-state index >= 15 is 0 Å². The van der Waals surface area contributed by atoms with Gasteiger partial charge in [0.05, 0.1) is 12.6 Å². The summed E-state index contributed by atoms with van der Waals surface area (Å²) in [4.78, 5) is 17.2. The van der Waals surface area contributed by atoms with Crippen molar-refractivity contribution in [3.8, 4) is 16.9 Å². The van der Waals surface area contributed by atoms with Crippen molar-refractivity contribution < 1.29 is 9.13 Å². The molecule has 144 valence electrons. The van der Waals surface area contributed by atoms with Crippen LogP contribution in [0.3, 0.4) is 0 Å². The molecule has 0 fully saturated rings. The molecular formula is C22H21FN2O2S. The van der Waals surface area contributed by atoms with Crippen LogP contribution in [0.15, 0.2) is 46.6 Å². The van der Waals surface area contributed by atoms with Gasteiger partial charge in [-0.05, 0) is 43.1 Å². The Morgan fingerprint density at radius 2 is 1.93 bits per heavy atom. The van der Waals surface area contributed by atoms with E-state index in [1.54, 1.807) is 0 Å². The Labute approximate surface area is 166 Å². The van der Waals surface area contributed by atoms with Crippen molar-refractivity contribution in [2.24, 2.45) is 0 Å². The lowest BCUT2D eigenvalue weighted by Crippen LogP contribution is -2.14. The van der Waals surface area contributed by atoms with Gasteiger partial charge in [0.25, 0.3) is 5.56 Å². The summed E-state index contributed by atoms with van der Waals surface area (Å²) in [6.45, 7) is 0.971. The molecule has 0 saturated carbocycles. The third kappa shape index (κ3) is 3.19. The van der Waals surface area contributed by atoms with Crippen LogP contribution in [-0.2, 0) is 6.42 Å². The van der Waals surface area contributed by atoms with Crippen LogP contribution < -0.4 is 10.3 Å². The Balaban J connectivity index is 1.96. The summed E-state index contributed by atoms with van der Waals surface area (Å²) >= 11 is 1.35. The maximum atomic E-state index is 14.7. The Morgan fingerprint density at radius 1 is 1.18 bits per heavy atom. The lowest BCUT2D eigenvalue weighted by molar-refractivity contribution is 0.413. The summed E-state index contributed by atoms with van der Waals surface area (Å²) in [5.41, 5.74) is 2.89. The highest BCUT2D eigenvalue weighted by Crippen LogP contribution is 2.41. The number of nitrogens with one attached hydrogen (secondary N) is 1. The van der Waals surface area contributed by atoms with Crippen molar-refractivity contribution in [3.63, 3.8) is 0 Å². The van der Waals surface area contributed by atoms with Gasteiger partial charge in [0.2, 0.25) is 0 Å². The number of aromatic nitrogens is 1. The van der Waals surface area contributed by atoms with Crippen molar-refractivity contribution >= 4 is 32.3 Å². The van der Waals surface area contributed by atoms with Crippen LogP contribution in [0.4, 0.5) is 4.39 Å². The molecule has 0 bridgehead atoms. The number of pyridine rings is 1. The van der Waals surface area contributed by atoms with Crippen molar-refractivity contribution in [2.45, 2.75) is 6.42 Å². The van der Waals surface area contributed by atoms with Gasteiger partial charge in [0.1, 0.15) is 10.4 Å². The Morgan fingerprint density at radius 3 is 2.61 bits per heavy atom. The van der Waals surface area contributed by atoms with Crippen molar-refractivity contribution in [3.05, 3.63) is 63.5 Å². The van der Waals surface area contributed by atoms with E-state index in [9.17, 15) is 9.18 Å². The first-order valence-electron chi connectivity index (χ1n) is 9.03. The molecule has 4 aromatic rings. The number of nitrogens with zero attached hydrogens (tertiary/aromatic N) is 1. The van der Waals surface area contributed by atoms with Crippen LogP contribution in [0.2, 0.25) is 0 Å². The minimum Gasteiger partial charge on any atom is -0.496 e. The number of H-pyrrole nitrogens is 1. The van der Waals surface area contributed by atoms with Gasteiger partial charge in [-0.15, -0.1) is 11.3 Å². The number of aromatic amines is 1. The fraction of sp³-hybridized carbons (Fsp3) is 0.227. The largest absolute Gasteiger partial charge is 0.496 e. The van der Waals surface area contributed by atoms with Gasteiger partial charge in [-0.3, -0.25) is 4.79 Å². The number of hydrogen-bond acceptors (Lipinski definition) is 4. The zero-order chi connectivity index (χ0) is 19.8. The second-order valence-corrected chi connectivity index (χ2v) is 7.97. The number of methoxy groups -OCH3 is 1. The molecule has 28 heavy (non-hydrogen) atoms. The first-order valence-corrected chi connectivity index (χ1v) is 9.91. The molecule has 6 heteroatoms. The first kappa shape index (κ1) is 18.7. The topological polar surface area (TPSA) is 45.3 Å². The maximum Gasteiger partial charge on any atom is 0.266 e. The van der Waals surface area contributed by atoms with Gasteiger partial charge in [-0.2, -0.15) is 0 Å². The summed E-state index contributed by atoms with van der Waals surface area (Å²) in [7, 11) is 5.64. The van der Waals surface area contributed by atoms with Crippen LogP contribution in [0.5, 0.6) is 5.75 Å². The van der Waals surface area contributed by atoms with E-state index in [1.807, 2.05) is 23.6 Å². The molecular weight excluding hydrogens is 375 g/mol. The lowest BCUT2D eigenvalue weighted by Gasteiger charge is -2.15. The van der Waals surface area contributed by atoms with Gasteiger partial charge in [0.15, 0.2) is 5.82 Å².